The van der Waals surface area contributed by atoms with Crippen LogP contribution in [-0.2, 0) is 34.0 Å². The molecule has 0 amide bonds. The molecule has 0 N–H and O–H groups in total. The molecule has 2 saturated carbocycles. The summed E-state index contributed by atoms with van der Waals surface area (Å²) in [5.41, 5.74) is -1.39. The summed E-state index contributed by atoms with van der Waals surface area (Å²) < 4.78 is 53.0. The smallest absolute Gasteiger partial charge is 0.313 e. The molecule has 2 aliphatic carbocycles. The predicted octanol–water partition coefficient (Wildman–Crippen LogP) is 4.56. The molecule has 0 spiro atoms. The van der Waals surface area contributed by atoms with Crippen molar-refractivity contribution in [3.63, 3.8) is 0 Å². The summed E-state index contributed by atoms with van der Waals surface area (Å²) >= 11 is 0. The highest BCUT2D eigenvalue weighted by atomic mass is 32.2. The van der Waals surface area contributed by atoms with Crippen LogP contribution in [0, 0.1) is 5.41 Å². The van der Waals surface area contributed by atoms with Gasteiger partial charge in [0.25, 0.3) is 0 Å². The van der Waals surface area contributed by atoms with Gasteiger partial charge in [-0.15, -0.1) is 0 Å². The summed E-state index contributed by atoms with van der Waals surface area (Å²) in [7, 11) is -4.78. The average molecular weight is 536 g/mol. The van der Waals surface area contributed by atoms with Gasteiger partial charge in [0.2, 0.25) is 6.08 Å². The van der Waals surface area contributed by atoms with Crippen molar-refractivity contribution in [1.82, 2.24) is 0 Å². The first kappa shape index (κ1) is 31.8. The van der Waals surface area contributed by atoms with Gasteiger partial charge in [0.1, 0.15) is 0 Å². The first-order valence-electron chi connectivity index (χ1n) is 12.2. The van der Waals surface area contributed by atoms with Crippen molar-refractivity contribution in [2.45, 2.75) is 121 Å². The number of aliphatic imine (C=N–C) groups is 1. The molecule has 2 atom stereocenters. The number of sulfone groups is 2. The van der Waals surface area contributed by atoms with Crippen LogP contribution in [0.25, 0.3) is 0 Å². The lowest BCUT2D eigenvalue weighted by Crippen LogP contribution is -2.46. The van der Waals surface area contributed by atoms with Gasteiger partial charge in [-0.2, -0.15) is 4.99 Å². The maximum Gasteiger partial charge on any atom is 0.313 e. The molecule has 2 unspecified atom stereocenters. The summed E-state index contributed by atoms with van der Waals surface area (Å²) in [6.07, 6.45) is 13.1. The van der Waals surface area contributed by atoms with Crippen LogP contribution in [0.15, 0.2) is 4.99 Å². The van der Waals surface area contributed by atoms with E-state index in [0.29, 0.717) is 38.5 Å². The number of carbonyl (C=O) groups is 1. The fourth-order valence-electron chi connectivity index (χ4n) is 6.61. The second-order valence-corrected chi connectivity index (χ2v) is 14.7. The van der Waals surface area contributed by atoms with Gasteiger partial charge < -0.3 is 4.74 Å². The standard InChI is InChI=1S/C12H20O4S.C11H17NO3S.2CH4/c1-16-11(13)12(7-3-2-4-8-12)10-6-5-9-17(10,14)15;13-9-12-11(6-2-1-3-7-11)10-5-4-8-16(10,14)15;;/h10H,2-9H2,1H3;10H,1-8H2;2*1H4. The topological polar surface area (TPSA) is 124 Å². The van der Waals surface area contributed by atoms with Crippen molar-refractivity contribution in [1.29, 1.82) is 0 Å². The third-order valence-electron chi connectivity index (χ3n) is 8.20. The summed E-state index contributed by atoms with van der Waals surface area (Å²) in [6, 6.07) is 0. The Morgan fingerprint density at radius 3 is 1.63 bits per heavy atom. The first-order valence-corrected chi connectivity index (χ1v) is 15.7. The Bertz CT molecular complexity index is 956. The van der Waals surface area contributed by atoms with E-state index in [9.17, 15) is 26.4 Å². The number of esters is 1. The third-order valence-corrected chi connectivity index (χ3v) is 13.0. The van der Waals surface area contributed by atoms with Gasteiger partial charge in [0.15, 0.2) is 19.7 Å². The number of ether oxygens (including phenoxy) is 1. The SMILES string of the molecule is C.C.COC(=O)C1(C2CCCS2(=O)=O)CCCCC1.O=C=NC1(C2CCCS2(=O)=O)CCCCC1. The highest BCUT2D eigenvalue weighted by molar-refractivity contribution is 7.92. The molecule has 204 valence electrons. The van der Waals surface area contributed by atoms with E-state index in [-0.39, 0.29) is 32.3 Å². The second-order valence-electron chi connectivity index (χ2n) is 10.1. The van der Waals surface area contributed by atoms with Crippen LogP contribution in [0.1, 0.15) is 105 Å². The minimum absolute atomic E-state index is 0. The third kappa shape index (κ3) is 6.55. The van der Waals surface area contributed by atoms with Crippen molar-refractivity contribution in [2.24, 2.45) is 10.4 Å². The molecule has 4 fully saturated rings. The van der Waals surface area contributed by atoms with Gasteiger partial charge >= 0.3 is 5.97 Å². The summed E-state index contributed by atoms with van der Waals surface area (Å²) in [5.74, 6) is 0.178. The monoisotopic (exact) mass is 535 g/mol. The number of carbonyl (C=O) groups excluding carboxylic acids is 2. The maximum atomic E-state index is 12.1. The van der Waals surface area contributed by atoms with E-state index < -0.39 is 41.1 Å². The summed E-state index contributed by atoms with van der Waals surface area (Å²) in [5, 5.41) is -0.926. The number of methoxy groups -OCH3 is 1. The van der Waals surface area contributed by atoms with E-state index in [2.05, 4.69) is 4.99 Å². The van der Waals surface area contributed by atoms with E-state index in [1.807, 2.05) is 0 Å². The van der Waals surface area contributed by atoms with Gasteiger partial charge in [-0.3, -0.25) is 4.79 Å². The molecule has 0 aromatic carbocycles. The summed E-state index contributed by atoms with van der Waals surface area (Å²) in [4.78, 5) is 26.5. The molecular formula is C25H45NO7S2. The zero-order valence-corrected chi connectivity index (χ0v) is 21.2. The maximum absolute atomic E-state index is 12.1. The highest BCUT2D eigenvalue weighted by Crippen LogP contribution is 2.47. The molecule has 0 aromatic rings. The Morgan fingerprint density at radius 2 is 1.23 bits per heavy atom. The minimum atomic E-state index is -3.10. The van der Waals surface area contributed by atoms with Crippen LogP contribution >= 0.6 is 0 Å². The molecule has 10 heteroatoms. The van der Waals surface area contributed by atoms with Gasteiger partial charge in [-0.1, -0.05) is 53.4 Å². The fraction of sp³-hybridized carbons (Fsp3) is 0.920. The van der Waals surface area contributed by atoms with Crippen molar-refractivity contribution in [3.8, 4) is 0 Å². The molecule has 0 bridgehead atoms. The van der Waals surface area contributed by atoms with Gasteiger partial charge in [0, 0.05) is 0 Å². The lowest BCUT2D eigenvalue weighted by Gasteiger charge is -2.38. The van der Waals surface area contributed by atoms with E-state index in [4.69, 9.17) is 4.74 Å². The van der Waals surface area contributed by atoms with Crippen LogP contribution in [0.5, 0.6) is 0 Å². The molecule has 0 aromatic heterocycles. The minimum Gasteiger partial charge on any atom is -0.469 e. The molecule has 8 nitrogen and oxygen atoms in total. The quantitative estimate of drug-likeness (QED) is 0.293. The zero-order chi connectivity index (χ0) is 24.2. The van der Waals surface area contributed by atoms with Crippen molar-refractivity contribution >= 4 is 31.7 Å². The Kier molecular flexibility index (Phi) is 11.6. The number of hydrogen-bond acceptors (Lipinski definition) is 8. The van der Waals surface area contributed by atoms with E-state index in [1.54, 1.807) is 6.08 Å². The Hall–Kier alpha value is -1.25. The van der Waals surface area contributed by atoms with Crippen LogP contribution < -0.4 is 0 Å². The molecule has 0 radical (unpaired) electrons. The average Bonchev–Trinajstić information content (AvgIpc) is 3.35. The largest absolute Gasteiger partial charge is 0.469 e. The fourth-order valence-corrected chi connectivity index (χ4v) is 11.3. The van der Waals surface area contributed by atoms with E-state index in [0.717, 1.165) is 51.4 Å². The van der Waals surface area contributed by atoms with Crippen molar-refractivity contribution in [3.05, 3.63) is 0 Å². The van der Waals surface area contributed by atoms with Gasteiger partial charge in [-0.05, 0) is 51.4 Å². The molecule has 2 heterocycles. The van der Waals surface area contributed by atoms with Crippen LogP contribution in [0.4, 0.5) is 0 Å². The molecule has 35 heavy (non-hydrogen) atoms. The Morgan fingerprint density at radius 1 is 0.771 bits per heavy atom. The van der Waals surface area contributed by atoms with Crippen LogP contribution in [0.3, 0.4) is 0 Å². The number of hydrogen-bond donors (Lipinski definition) is 0. The number of nitrogens with zero attached hydrogens (tertiary/aromatic N) is 1. The lowest BCUT2D eigenvalue weighted by atomic mass is 9.70. The van der Waals surface area contributed by atoms with E-state index in [1.165, 1.54) is 7.11 Å². The molecule has 2 saturated heterocycles. The highest BCUT2D eigenvalue weighted by Gasteiger charge is 2.54. The lowest BCUT2D eigenvalue weighted by molar-refractivity contribution is -0.155. The second kappa shape index (κ2) is 12.8. The Balaban J connectivity index is 0.000000332. The number of isocyanates is 1. The molecular weight excluding hydrogens is 490 g/mol. The van der Waals surface area contributed by atoms with Crippen molar-refractivity contribution < 1.29 is 31.2 Å². The Labute approximate surface area is 212 Å². The summed E-state index contributed by atoms with van der Waals surface area (Å²) in [6.45, 7) is 0. The first-order chi connectivity index (χ1) is 15.6. The van der Waals surface area contributed by atoms with Gasteiger partial charge in [0.05, 0.1) is 40.1 Å². The molecule has 2 aliphatic heterocycles. The normalized spacial score (nSPS) is 29.6. The van der Waals surface area contributed by atoms with Crippen LogP contribution in [-0.4, -0.2) is 63.5 Å². The van der Waals surface area contributed by atoms with E-state index >= 15 is 0 Å². The van der Waals surface area contributed by atoms with Crippen LogP contribution in [0.2, 0.25) is 0 Å². The van der Waals surface area contributed by atoms with Gasteiger partial charge in [-0.25, -0.2) is 21.6 Å². The van der Waals surface area contributed by atoms with Crippen molar-refractivity contribution in [2.75, 3.05) is 18.6 Å². The molecule has 4 aliphatic rings. The molecule has 4 rings (SSSR count). The predicted molar refractivity (Wildman–Crippen MR) is 139 cm³/mol. The zero-order valence-electron chi connectivity index (χ0n) is 19.6. The number of rotatable bonds is 4.